The van der Waals surface area contributed by atoms with Gasteiger partial charge in [0.25, 0.3) is 0 Å². The molecule has 39 heavy (non-hydrogen) atoms. The maximum Gasteiger partial charge on any atom is 0.310 e. The Bertz CT molecular complexity index is 1100. The number of aliphatic carboxylic acids is 1. The molecule has 5 rings (SSSR count). The summed E-state index contributed by atoms with van der Waals surface area (Å²) in [5.41, 5.74) is 2.30. The number of hydrogen-bond acceptors (Lipinski definition) is 5. The first kappa shape index (κ1) is 28.9. The van der Waals surface area contributed by atoms with Gasteiger partial charge in [-0.1, -0.05) is 60.6 Å². The zero-order valence-corrected chi connectivity index (χ0v) is 25.3. The van der Waals surface area contributed by atoms with Crippen molar-refractivity contribution in [1.82, 2.24) is 0 Å². The van der Waals surface area contributed by atoms with Gasteiger partial charge in [0.15, 0.2) is 0 Å². The van der Waals surface area contributed by atoms with Crippen molar-refractivity contribution in [2.45, 2.75) is 125 Å². The molecule has 1 heterocycles. The maximum atomic E-state index is 12.7. The van der Waals surface area contributed by atoms with E-state index in [1.165, 1.54) is 6.92 Å². The average molecular weight is 543 g/mol. The Morgan fingerprint density at radius 1 is 1.10 bits per heavy atom. The van der Waals surface area contributed by atoms with E-state index in [1.807, 2.05) is 0 Å². The van der Waals surface area contributed by atoms with Crippen LogP contribution in [0.1, 0.15) is 100 Å². The first-order chi connectivity index (χ1) is 18.0. The van der Waals surface area contributed by atoms with Gasteiger partial charge >= 0.3 is 11.9 Å². The average Bonchev–Trinajstić information content (AvgIpc) is 3.12. The van der Waals surface area contributed by atoms with Gasteiger partial charge in [-0.15, -0.1) is 0 Å². The number of aliphatic hydroxyl groups excluding tert-OH is 1. The number of ether oxygens (including phenoxy) is 2. The number of aliphatic hydroxyl groups is 1. The second-order valence-electron chi connectivity index (χ2n) is 15.2. The van der Waals surface area contributed by atoms with Crippen molar-refractivity contribution in [3.63, 3.8) is 0 Å². The highest BCUT2D eigenvalue weighted by Crippen LogP contribution is 2.75. The molecule has 0 aromatic rings. The molecule has 0 aromatic heterocycles. The van der Waals surface area contributed by atoms with Gasteiger partial charge in [0.05, 0.1) is 24.2 Å². The third-order valence-corrected chi connectivity index (χ3v) is 12.7. The Balaban J connectivity index is 1.55. The standard InChI is InChI=1S/C33H50O6/c1-17(2)18(3)23-14-20(29(36)37)27-21-15-22(35)28-31(7)12-11-26(38-19(4)34)30(5,6)25(31)10-13-32(28,8)33(21,9)16-24(27)39-23/h17,20,22-26,28,35H,3,10-16H2,1-2,4-9H3,(H,36,37)/t20-,22-,23+,24+,25+,26+,28-,31-,32+,33+/m1/s1. The summed E-state index contributed by atoms with van der Waals surface area (Å²) in [5.74, 6) is -1.00. The van der Waals surface area contributed by atoms with E-state index in [2.05, 4.69) is 55.0 Å². The molecule has 4 fully saturated rings. The van der Waals surface area contributed by atoms with Crippen molar-refractivity contribution < 1.29 is 29.3 Å². The molecular formula is C33H50O6. The lowest BCUT2D eigenvalue weighted by atomic mass is 9.35. The van der Waals surface area contributed by atoms with Gasteiger partial charge in [0.2, 0.25) is 0 Å². The topological polar surface area (TPSA) is 93.1 Å². The summed E-state index contributed by atoms with van der Waals surface area (Å²) in [6.45, 7) is 21.5. The number of esters is 1. The predicted octanol–water partition coefficient (Wildman–Crippen LogP) is 6.32. The Morgan fingerprint density at radius 3 is 2.36 bits per heavy atom. The zero-order valence-electron chi connectivity index (χ0n) is 25.3. The number of rotatable bonds is 4. The molecule has 6 heteroatoms. The highest BCUT2D eigenvalue weighted by atomic mass is 16.5. The summed E-state index contributed by atoms with van der Waals surface area (Å²) < 4.78 is 12.5. The van der Waals surface area contributed by atoms with Crippen molar-refractivity contribution in [3.05, 3.63) is 23.3 Å². The Kier molecular flexibility index (Phi) is 6.79. The zero-order chi connectivity index (χ0) is 28.9. The molecule has 0 bridgehead atoms. The van der Waals surface area contributed by atoms with Gasteiger partial charge in [0, 0.05) is 12.3 Å². The second kappa shape index (κ2) is 9.17. The number of carbonyl (C=O) groups excluding carboxylic acids is 1. The van der Waals surface area contributed by atoms with Crippen LogP contribution in [0.25, 0.3) is 0 Å². The third kappa shape index (κ3) is 3.94. The van der Waals surface area contributed by atoms with Gasteiger partial charge in [-0.3, -0.25) is 9.59 Å². The lowest BCUT2D eigenvalue weighted by Crippen LogP contribution is -2.66. The smallest absolute Gasteiger partial charge is 0.310 e. The first-order valence-corrected chi connectivity index (χ1v) is 15.1. The molecule has 6 nitrogen and oxygen atoms in total. The van der Waals surface area contributed by atoms with Crippen molar-refractivity contribution in [2.24, 2.45) is 45.3 Å². The number of fused-ring (bicyclic) bond motifs is 6. The van der Waals surface area contributed by atoms with E-state index in [0.29, 0.717) is 18.8 Å². The van der Waals surface area contributed by atoms with Gasteiger partial charge in [-0.25, -0.2) is 0 Å². The molecule has 0 aromatic carbocycles. The summed E-state index contributed by atoms with van der Waals surface area (Å²) >= 11 is 0. The summed E-state index contributed by atoms with van der Waals surface area (Å²) in [6.07, 6.45) is 4.19. The highest BCUT2D eigenvalue weighted by molar-refractivity contribution is 5.75. The fourth-order valence-electron chi connectivity index (χ4n) is 10.7. The summed E-state index contributed by atoms with van der Waals surface area (Å²) in [5, 5.41) is 22.4. The molecule has 10 atom stereocenters. The van der Waals surface area contributed by atoms with Gasteiger partial charge < -0.3 is 19.7 Å². The van der Waals surface area contributed by atoms with Crippen LogP contribution in [-0.2, 0) is 19.1 Å². The van der Waals surface area contributed by atoms with E-state index in [1.54, 1.807) is 0 Å². The van der Waals surface area contributed by atoms with E-state index in [4.69, 9.17) is 9.47 Å². The fraction of sp³-hybridized carbons (Fsp3) is 0.818. The number of carboxylic acids is 1. The maximum absolute atomic E-state index is 12.7. The molecule has 0 radical (unpaired) electrons. The van der Waals surface area contributed by atoms with Gasteiger partial charge in [-0.2, -0.15) is 0 Å². The Morgan fingerprint density at radius 2 is 1.77 bits per heavy atom. The van der Waals surface area contributed by atoms with Crippen LogP contribution in [0.15, 0.2) is 23.3 Å². The molecule has 5 aliphatic rings. The first-order valence-electron chi connectivity index (χ1n) is 15.1. The Labute approximate surface area is 234 Å². The van der Waals surface area contributed by atoms with Crippen LogP contribution in [0.3, 0.4) is 0 Å². The Hall–Kier alpha value is -1.66. The van der Waals surface area contributed by atoms with E-state index < -0.39 is 18.0 Å². The second-order valence-corrected chi connectivity index (χ2v) is 15.2. The quantitative estimate of drug-likeness (QED) is 0.319. The number of carboxylic acid groups (broad SMARTS) is 1. The number of carbonyl (C=O) groups is 2. The van der Waals surface area contributed by atoms with Crippen molar-refractivity contribution in [1.29, 1.82) is 0 Å². The molecule has 3 saturated carbocycles. The van der Waals surface area contributed by atoms with Crippen LogP contribution >= 0.6 is 0 Å². The largest absolute Gasteiger partial charge is 0.481 e. The molecule has 218 valence electrons. The fourth-order valence-corrected chi connectivity index (χ4v) is 10.7. The molecule has 2 N–H and O–H groups in total. The summed E-state index contributed by atoms with van der Waals surface area (Å²) in [7, 11) is 0. The minimum Gasteiger partial charge on any atom is -0.481 e. The van der Waals surface area contributed by atoms with Crippen LogP contribution in [0.2, 0.25) is 0 Å². The van der Waals surface area contributed by atoms with Crippen LogP contribution < -0.4 is 0 Å². The van der Waals surface area contributed by atoms with Gasteiger partial charge in [0.1, 0.15) is 6.10 Å². The minimum absolute atomic E-state index is 0.0699. The lowest BCUT2D eigenvalue weighted by Gasteiger charge is -2.69. The van der Waals surface area contributed by atoms with Crippen LogP contribution in [0.4, 0.5) is 0 Å². The molecule has 1 saturated heterocycles. The highest BCUT2D eigenvalue weighted by Gasteiger charge is 2.71. The minimum atomic E-state index is -0.792. The summed E-state index contributed by atoms with van der Waals surface area (Å²) in [6, 6.07) is 0. The summed E-state index contributed by atoms with van der Waals surface area (Å²) in [4.78, 5) is 24.6. The molecule has 0 amide bonds. The molecule has 1 aliphatic heterocycles. The molecule has 4 aliphatic carbocycles. The molecule has 0 unspecified atom stereocenters. The third-order valence-electron chi connectivity index (χ3n) is 12.7. The molecular weight excluding hydrogens is 492 g/mol. The van der Waals surface area contributed by atoms with Crippen molar-refractivity contribution >= 4 is 11.9 Å². The van der Waals surface area contributed by atoms with Crippen molar-refractivity contribution in [2.75, 3.05) is 0 Å². The van der Waals surface area contributed by atoms with E-state index >= 15 is 0 Å². The van der Waals surface area contributed by atoms with Crippen molar-refractivity contribution in [3.8, 4) is 0 Å². The predicted molar refractivity (Wildman–Crippen MR) is 150 cm³/mol. The van der Waals surface area contributed by atoms with Crippen LogP contribution in [0.5, 0.6) is 0 Å². The van der Waals surface area contributed by atoms with E-state index in [9.17, 15) is 19.8 Å². The number of hydrogen-bond donors (Lipinski definition) is 2. The monoisotopic (exact) mass is 542 g/mol. The van der Waals surface area contributed by atoms with E-state index in [0.717, 1.165) is 48.8 Å². The van der Waals surface area contributed by atoms with Crippen LogP contribution in [0, 0.1) is 45.3 Å². The van der Waals surface area contributed by atoms with Crippen LogP contribution in [-0.4, -0.2) is 46.6 Å². The normalized spacial score (nSPS) is 46.6. The van der Waals surface area contributed by atoms with Gasteiger partial charge in [-0.05, 0) is 90.1 Å². The van der Waals surface area contributed by atoms with E-state index in [-0.39, 0.29) is 57.8 Å². The SMILES string of the molecule is C=C(C(C)C)[C@@H]1C[C@@H](C(=O)O)C2=C3C[C@@H](O)[C@@H]4[C@]5(C)CC[C@H](OC(C)=O)C(C)(C)[C@@H]5CC[C@]4(C)[C@@]3(C)C[C@@H]2O1. The molecule has 0 spiro atoms. The lowest BCUT2D eigenvalue weighted by molar-refractivity contribution is -0.234.